The van der Waals surface area contributed by atoms with E-state index < -0.39 is 16.9 Å². The third-order valence-corrected chi connectivity index (χ3v) is 3.80. The van der Waals surface area contributed by atoms with E-state index in [1.165, 1.54) is 31.3 Å². The van der Waals surface area contributed by atoms with Crippen LogP contribution in [-0.2, 0) is 4.79 Å². The highest BCUT2D eigenvalue weighted by Crippen LogP contribution is 2.26. The number of nitro groups is 1. The molecule has 0 spiro atoms. The molecule has 0 fully saturated rings. The van der Waals surface area contributed by atoms with Gasteiger partial charge in [-0.3, -0.25) is 14.9 Å². The summed E-state index contributed by atoms with van der Waals surface area (Å²) in [6, 6.07) is 9.74. The lowest BCUT2D eigenvalue weighted by Crippen LogP contribution is -2.33. The molecule has 23 heavy (non-hydrogen) atoms. The van der Waals surface area contributed by atoms with Gasteiger partial charge in [0.15, 0.2) is 11.9 Å². The molecule has 0 unspecified atom stereocenters. The number of ether oxygens (including phenoxy) is 1. The number of benzene rings is 1. The lowest BCUT2D eigenvalue weighted by atomic mass is 10.3. The van der Waals surface area contributed by atoms with Crippen molar-refractivity contribution in [2.45, 2.75) is 20.0 Å². The maximum absolute atomic E-state index is 11.9. The standard InChI is InChI=1S/C15H15N3O4S/c1-10-7-8-12(23-10)9-16-17-15(19)11(2)22-14-6-4-3-5-13(14)18(20)21/h3-9,11H,1-2H3,(H,17,19)/t11-/m1/s1. The Morgan fingerprint density at radius 3 is 2.78 bits per heavy atom. The lowest BCUT2D eigenvalue weighted by molar-refractivity contribution is -0.386. The van der Waals surface area contributed by atoms with Crippen molar-refractivity contribution in [1.29, 1.82) is 0 Å². The van der Waals surface area contributed by atoms with E-state index in [1.54, 1.807) is 17.4 Å². The number of thiophene rings is 1. The van der Waals surface area contributed by atoms with Gasteiger partial charge in [-0.25, -0.2) is 5.43 Å². The Morgan fingerprint density at radius 2 is 2.13 bits per heavy atom. The van der Waals surface area contributed by atoms with Gasteiger partial charge in [-0.15, -0.1) is 11.3 Å². The van der Waals surface area contributed by atoms with Gasteiger partial charge in [0, 0.05) is 15.8 Å². The summed E-state index contributed by atoms with van der Waals surface area (Å²) >= 11 is 1.55. The summed E-state index contributed by atoms with van der Waals surface area (Å²) in [4.78, 5) is 24.3. The molecule has 1 N–H and O–H groups in total. The zero-order chi connectivity index (χ0) is 16.8. The van der Waals surface area contributed by atoms with Gasteiger partial charge >= 0.3 is 5.69 Å². The van der Waals surface area contributed by atoms with E-state index in [9.17, 15) is 14.9 Å². The molecule has 0 aliphatic rings. The summed E-state index contributed by atoms with van der Waals surface area (Å²) in [6.45, 7) is 3.47. The van der Waals surface area contributed by atoms with Crippen LogP contribution in [0.4, 0.5) is 5.69 Å². The first kappa shape index (κ1) is 16.6. The largest absolute Gasteiger partial charge is 0.474 e. The molecule has 7 nitrogen and oxygen atoms in total. The van der Waals surface area contributed by atoms with Crippen LogP contribution in [0.15, 0.2) is 41.5 Å². The van der Waals surface area contributed by atoms with Crippen molar-refractivity contribution in [3.8, 4) is 5.75 Å². The van der Waals surface area contributed by atoms with Crippen LogP contribution in [0, 0.1) is 17.0 Å². The first-order valence-corrected chi connectivity index (χ1v) is 7.58. The van der Waals surface area contributed by atoms with Crippen molar-refractivity contribution < 1.29 is 14.5 Å². The quantitative estimate of drug-likeness (QED) is 0.499. The number of nitrogens with one attached hydrogen (secondary N) is 1. The second-order valence-electron chi connectivity index (χ2n) is 4.67. The van der Waals surface area contributed by atoms with Crippen LogP contribution in [0.1, 0.15) is 16.7 Å². The van der Waals surface area contributed by atoms with Gasteiger partial charge in [0.1, 0.15) is 0 Å². The number of aryl methyl sites for hydroxylation is 1. The minimum absolute atomic E-state index is 0.0398. The van der Waals surface area contributed by atoms with Crippen molar-refractivity contribution in [2.75, 3.05) is 0 Å². The average Bonchev–Trinajstić information content (AvgIpc) is 2.93. The maximum atomic E-state index is 11.9. The molecule has 120 valence electrons. The van der Waals surface area contributed by atoms with Crippen molar-refractivity contribution >= 4 is 29.1 Å². The summed E-state index contributed by atoms with van der Waals surface area (Å²) in [5, 5.41) is 14.8. The molecule has 1 amide bonds. The van der Waals surface area contributed by atoms with Crippen LogP contribution in [-0.4, -0.2) is 23.1 Å². The van der Waals surface area contributed by atoms with Crippen LogP contribution in [0.25, 0.3) is 0 Å². The normalized spacial score (nSPS) is 12.1. The number of nitro benzene ring substituents is 1. The van der Waals surface area contributed by atoms with E-state index in [0.717, 1.165) is 9.75 Å². The van der Waals surface area contributed by atoms with Crippen LogP contribution >= 0.6 is 11.3 Å². The molecule has 8 heteroatoms. The average molecular weight is 333 g/mol. The van der Waals surface area contributed by atoms with Gasteiger partial charge in [0.25, 0.3) is 5.91 Å². The van der Waals surface area contributed by atoms with E-state index in [4.69, 9.17) is 4.74 Å². The van der Waals surface area contributed by atoms with Gasteiger partial charge in [0.2, 0.25) is 0 Å². The van der Waals surface area contributed by atoms with Gasteiger partial charge in [-0.05, 0) is 32.0 Å². The SMILES string of the molecule is Cc1ccc(C=NNC(=O)[C@@H](C)Oc2ccccc2[N+](=O)[O-])s1. The Morgan fingerprint density at radius 1 is 1.39 bits per heavy atom. The Hall–Kier alpha value is -2.74. The highest BCUT2D eigenvalue weighted by molar-refractivity contribution is 7.13. The molecular weight excluding hydrogens is 318 g/mol. The maximum Gasteiger partial charge on any atom is 0.310 e. The summed E-state index contributed by atoms with van der Waals surface area (Å²) in [7, 11) is 0. The number of amides is 1. The molecule has 1 aromatic carbocycles. The molecule has 0 aliphatic heterocycles. The molecule has 1 atom stereocenters. The molecule has 1 aromatic heterocycles. The fourth-order valence-corrected chi connectivity index (χ4v) is 2.47. The number of carbonyl (C=O) groups is 1. The summed E-state index contributed by atoms with van der Waals surface area (Å²) in [5.74, 6) is -0.453. The number of hydrogen-bond acceptors (Lipinski definition) is 6. The van der Waals surface area contributed by atoms with E-state index in [0.29, 0.717) is 0 Å². The first-order chi connectivity index (χ1) is 11.0. The number of para-hydroxylation sites is 2. The van der Waals surface area contributed by atoms with Crippen LogP contribution in [0.5, 0.6) is 5.75 Å². The van der Waals surface area contributed by atoms with Gasteiger partial charge < -0.3 is 4.74 Å². The molecule has 2 rings (SSSR count). The molecular formula is C15H15N3O4S. The van der Waals surface area contributed by atoms with Gasteiger partial charge in [0.05, 0.1) is 11.1 Å². The summed E-state index contributed by atoms with van der Waals surface area (Å²) in [5.41, 5.74) is 2.16. The number of carbonyl (C=O) groups excluding carboxylic acids is 1. The molecule has 0 saturated heterocycles. The van der Waals surface area contributed by atoms with Crippen molar-refractivity contribution in [3.05, 3.63) is 56.3 Å². The molecule has 0 aliphatic carbocycles. The zero-order valence-electron chi connectivity index (χ0n) is 12.6. The monoisotopic (exact) mass is 333 g/mol. The predicted octanol–water partition coefficient (Wildman–Crippen LogP) is 2.88. The Balaban J connectivity index is 1.95. The second-order valence-corrected chi connectivity index (χ2v) is 5.99. The Labute approximate surface area is 136 Å². The first-order valence-electron chi connectivity index (χ1n) is 6.77. The number of hydrogen-bond donors (Lipinski definition) is 1. The second kappa shape index (κ2) is 7.50. The molecule has 0 bridgehead atoms. The fourth-order valence-electron chi connectivity index (χ4n) is 1.72. The number of hydrazone groups is 1. The third-order valence-electron chi connectivity index (χ3n) is 2.86. The van der Waals surface area contributed by atoms with Gasteiger partial charge in [-0.2, -0.15) is 5.10 Å². The molecule has 0 saturated carbocycles. The molecule has 1 heterocycles. The smallest absolute Gasteiger partial charge is 0.310 e. The lowest BCUT2D eigenvalue weighted by Gasteiger charge is -2.12. The minimum atomic E-state index is -0.918. The molecule has 0 radical (unpaired) electrons. The summed E-state index contributed by atoms with van der Waals surface area (Å²) < 4.78 is 5.35. The van der Waals surface area contributed by atoms with Crippen molar-refractivity contribution in [3.63, 3.8) is 0 Å². The topological polar surface area (TPSA) is 93.8 Å². The Kier molecular flexibility index (Phi) is 5.42. The van der Waals surface area contributed by atoms with E-state index in [2.05, 4.69) is 10.5 Å². The van der Waals surface area contributed by atoms with Gasteiger partial charge in [-0.1, -0.05) is 12.1 Å². The number of rotatable bonds is 6. The highest BCUT2D eigenvalue weighted by Gasteiger charge is 2.20. The fraction of sp³-hybridized carbons (Fsp3) is 0.200. The van der Waals surface area contributed by atoms with E-state index >= 15 is 0 Å². The molecule has 2 aromatic rings. The van der Waals surface area contributed by atoms with Crippen molar-refractivity contribution in [2.24, 2.45) is 5.10 Å². The van der Waals surface area contributed by atoms with Crippen LogP contribution < -0.4 is 10.2 Å². The van der Waals surface area contributed by atoms with E-state index in [-0.39, 0.29) is 11.4 Å². The third kappa shape index (κ3) is 4.62. The van der Waals surface area contributed by atoms with Crippen LogP contribution in [0.3, 0.4) is 0 Å². The Bertz CT molecular complexity index is 742. The van der Waals surface area contributed by atoms with Crippen LogP contribution in [0.2, 0.25) is 0 Å². The number of nitrogens with zero attached hydrogens (tertiary/aromatic N) is 2. The minimum Gasteiger partial charge on any atom is -0.474 e. The highest BCUT2D eigenvalue weighted by atomic mass is 32.1. The summed E-state index contributed by atoms with van der Waals surface area (Å²) in [6.07, 6.45) is 0.617. The predicted molar refractivity (Wildman–Crippen MR) is 88.0 cm³/mol. The van der Waals surface area contributed by atoms with E-state index in [1.807, 2.05) is 19.1 Å². The zero-order valence-corrected chi connectivity index (χ0v) is 13.4. The van der Waals surface area contributed by atoms with Crippen molar-refractivity contribution in [1.82, 2.24) is 5.43 Å².